The van der Waals surface area contributed by atoms with Gasteiger partial charge in [-0.2, -0.15) is 5.26 Å². The number of alkyl carbamates (subject to hydrolysis) is 1. The molecule has 0 aliphatic rings. The molecule has 1 amide bonds. The Morgan fingerprint density at radius 1 is 1.75 bits per heavy atom. The summed E-state index contributed by atoms with van der Waals surface area (Å²) in [6.07, 6.45) is -1.15. The fourth-order valence-corrected chi connectivity index (χ4v) is 0.493. The zero-order valence-electron chi connectivity index (χ0n) is 6.40. The zero-order chi connectivity index (χ0) is 9.56. The number of nitriles is 1. The number of nitrogens with one attached hydrogen (secondary N) is 1. The van der Waals surface area contributed by atoms with E-state index >= 15 is 0 Å². The molecule has 0 aliphatic heterocycles. The maximum atomic E-state index is 10.5. The summed E-state index contributed by atoms with van der Waals surface area (Å²) in [5.41, 5.74) is 0. The molecule has 0 radical (unpaired) electrons. The average Bonchev–Trinajstić information content (AvgIpc) is 2.03. The van der Waals surface area contributed by atoms with Gasteiger partial charge in [0.2, 0.25) is 0 Å². The van der Waals surface area contributed by atoms with Crippen molar-refractivity contribution in [2.45, 2.75) is 12.5 Å². The number of ether oxygens (including phenoxy) is 1. The molecule has 6 nitrogen and oxygen atoms in total. The minimum absolute atomic E-state index is 0.287. The van der Waals surface area contributed by atoms with Crippen molar-refractivity contribution in [3.63, 3.8) is 0 Å². The van der Waals surface area contributed by atoms with Gasteiger partial charge in [-0.3, -0.25) is 0 Å². The lowest BCUT2D eigenvalue weighted by atomic mass is 10.2. The quantitative estimate of drug-likeness (QED) is 0.609. The molecule has 0 fully saturated rings. The van der Waals surface area contributed by atoms with E-state index in [0.29, 0.717) is 0 Å². The van der Waals surface area contributed by atoms with Crippen LogP contribution in [0.25, 0.3) is 0 Å². The first-order valence-corrected chi connectivity index (χ1v) is 3.06. The van der Waals surface area contributed by atoms with Gasteiger partial charge in [0.05, 0.1) is 19.6 Å². The molecule has 1 atom stereocenters. The Labute approximate surface area is 68.7 Å². The monoisotopic (exact) mass is 172 g/mol. The van der Waals surface area contributed by atoms with Gasteiger partial charge in [0.25, 0.3) is 0 Å². The predicted molar refractivity (Wildman–Crippen MR) is 37.2 cm³/mol. The predicted octanol–water partition coefficient (Wildman–Crippen LogP) is -0.291. The second kappa shape index (κ2) is 4.96. The molecule has 0 aromatic heterocycles. The van der Waals surface area contributed by atoms with Crippen LogP contribution in [0.2, 0.25) is 0 Å². The second-order valence-corrected chi connectivity index (χ2v) is 1.89. The molecule has 66 valence electrons. The summed E-state index contributed by atoms with van der Waals surface area (Å²) < 4.78 is 4.15. The number of hydrogen-bond donors (Lipinski definition) is 2. The van der Waals surface area contributed by atoms with Gasteiger partial charge in [-0.05, 0) is 0 Å². The molecule has 0 aromatic rings. The van der Waals surface area contributed by atoms with E-state index in [4.69, 9.17) is 10.4 Å². The third-order valence-corrected chi connectivity index (χ3v) is 1.07. The SMILES string of the molecule is COC(=O)NC(CC#N)C(=O)O. The van der Waals surface area contributed by atoms with Crippen molar-refractivity contribution in [3.05, 3.63) is 0 Å². The third kappa shape index (κ3) is 3.41. The van der Waals surface area contributed by atoms with Crippen molar-refractivity contribution < 1.29 is 19.4 Å². The smallest absolute Gasteiger partial charge is 0.407 e. The van der Waals surface area contributed by atoms with Gasteiger partial charge in [0, 0.05) is 0 Å². The van der Waals surface area contributed by atoms with E-state index < -0.39 is 18.1 Å². The van der Waals surface area contributed by atoms with Crippen molar-refractivity contribution in [2.24, 2.45) is 0 Å². The lowest BCUT2D eigenvalue weighted by Gasteiger charge is -2.08. The third-order valence-electron chi connectivity index (χ3n) is 1.07. The number of hydrogen-bond acceptors (Lipinski definition) is 4. The van der Waals surface area contributed by atoms with Crippen LogP contribution in [0.1, 0.15) is 6.42 Å². The summed E-state index contributed by atoms with van der Waals surface area (Å²) in [6.45, 7) is 0. The van der Waals surface area contributed by atoms with Crippen molar-refractivity contribution in [1.29, 1.82) is 5.26 Å². The molecule has 6 heteroatoms. The van der Waals surface area contributed by atoms with Crippen LogP contribution in [0.3, 0.4) is 0 Å². The molecule has 0 bridgehead atoms. The molecule has 0 spiro atoms. The van der Waals surface area contributed by atoms with Gasteiger partial charge in [0.1, 0.15) is 6.04 Å². The van der Waals surface area contributed by atoms with Gasteiger partial charge in [-0.1, -0.05) is 0 Å². The number of amides is 1. The second-order valence-electron chi connectivity index (χ2n) is 1.89. The number of carbonyl (C=O) groups is 2. The molecular weight excluding hydrogens is 164 g/mol. The number of carbonyl (C=O) groups excluding carboxylic acids is 1. The Morgan fingerprint density at radius 3 is 2.67 bits per heavy atom. The Bertz CT molecular complexity index is 220. The van der Waals surface area contributed by atoms with E-state index in [1.165, 1.54) is 0 Å². The minimum atomic E-state index is -1.26. The molecule has 0 rings (SSSR count). The number of aliphatic carboxylic acids is 1. The Hall–Kier alpha value is -1.77. The van der Waals surface area contributed by atoms with Crippen molar-refractivity contribution in [1.82, 2.24) is 5.32 Å². The molecule has 2 N–H and O–H groups in total. The largest absolute Gasteiger partial charge is 0.480 e. The summed E-state index contributed by atoms with van der Waals surface area (Å²) in [6, 6.07) is 0.421. The molecular formula is C6H8N2O4. The van der Waals surface area contributed by atoms with E-state index in [1.54, 1.807) is 6.07 Å². The van der Waals surface area contributed by atoms with Crippen molar-refractivity contribution in [3.8, 4) is 6.07 Å². The maximum absolute atomic E-state index is 10.5. The first kappa shape index (κ1) is 10.2. The lowest BCUT2D eigenvalue weighted by molar-refractivity contribution is -0.139. The van der Waals surface area contributed by atoms with Crippen LogP contribution in [-0.2, 0) is 9.53 Å². The molecule has 12 heavy (non-hydrogen) atoms. The first-order chi connectivity index (χ1) is 5.61. The summed E-state index contributed by atoms with van der Waals surface area (Å²) in [5.74, 6) is -1.26. The van der Waals surface area contributed by atoms with Crippen LogP contribution in [0.5, 0.6) is 0 Å². The van der Waals surface area contributed by atoms with Gasteiger partial charge in [-0.25, -0.2) is 9.59 Å². The molecule has 0 heterocycles. The molecule has 0 aliphatic carbocycles. The van der Waals surface area contributed by atoms with Crippen LogP contribution < -0.4 is 5.32 Å². The number of carboxylic acids is 1. The van der Waals surface area contributed by atoms with Gasteiger partial charge in [0.15, 0.2) is 0 Å². The highest BCUT2D eigenvalue weighted by molar-refractivity contribution is 5.80. The Balaban J connectivity index is 4.06. The van der Waals surface area contributed by atoms with E-state index in [-0.39, 0.29) is 6.42 Å². The fraction of sp³-hybridized carbons (Fsp3) is 0.500. The van der Waals surface area contributed by atoms with Crippen LogP contribution in [-0.4, -0.2) is 30.3 Å². The van der Waals surface area contributed by atoms with Crippen LogP contribution >= 0.6 is 0 Å². The first-order valence-electron chi connectivity index (χ1n) is 3.06. The van der Waals surface area contributed by atoms with E-state index in [0.717, 1.165) is 7.11 Å². The lowest BCUT2D eigenvalue weighted by Crippen LogP contribution is -2.40. The molecule has 1 unspecified atom stereocenters. The molecule has 0 aromatic carbocycles. The van der Waals surface area contributed by atoms with Gasteiger partial charge in [-0.15, -0.1) is 0 Å². The summed E-state index contributed by atoms with van der Waals surface area (Å²) in [4.78, 5) is 20.8. The van der Waals surface area contributed by atoms with Crippen LogP contribution in [0.4, 0.5) is 4.79 Å². The topological polar surface area (TPSA) is 99.4 Å². The minimum Gasteiger partial charge on any atom is -0.480 e. The van der Waals surface area contributed by atoms with Crippen LogP contribution in [0.15, 0.2) is 0 Å². The van der Waals surface area contributed by atoms with Crippen molar-refractivity contribution >= 4 is 12.1 Å². The summed E-state index contributed by atoms with van der Waals surface area (Å²) >= 11 is 0. The summed E-state index contributed by atoms with van der Waals surface area (Å²) in [7, 11) is 1.11. The van der Waals surface area contributed by atoms with Gasteiger partial charge < -0.3 is 15.2 Å². The van der Waals surface area contributed by atoms with E-state index in [2.05, 4.69) is 4.74 Å². The highest BCUT2D eigenvalue weighted by atomic mass is 16.5. The highest BCUT2D eigenvalue weighted by Crippen LogP contribution is 1.90. The zero-order valence-corrected chi connectivity index (χ0v) is 6.40. The summed E-state index contributed by atoms with van der Waals surface area (Å²) in [5, 5.41) is 18.6. The number of rotatable bonds is 3. The normalized spacial score (nSPS) is 11.0. The number of carboxylic acid groups (broad SMARTS) is 1. The number of methoxy groups -OCH3 is 1. The standard InChI is InChI=1S/C6H8N2O4/c1-12-6(11)8-4(2-3-7)5(9)10/h4H,2H2,1H3,(H,8,11)(H,9,10). The average molecular weight is 172 g/mol. The van der Waals surface area contributed by atoms with Crippen LogP contribution in [0, 0.1) is 11.3 Å². The van der Waals surface area contributed by atoms with Gasteiger partial charge >= 0.3 is 12.1 Å². The van der Waals surface area contributed by atoms with E-state index in [1.807, 2.05) is 5.32 Å². The van der Waals surface area contributed by atoms with E-state index in [9.17, 15) is 9.59 Å². The maximum Gasteiger partial charge on any atom is 0.407 e. The number of nitrogens with zero attached hydrogens (tertiary/aromatic N) is 1. The molecule has 0 saturated carbocycles. The van der Waals surface area contributed by atoms with Crippen molar-refractivity contribution in [2.75, 3.05) is 7.11 Å². The fourth-order valence-electron chi connectivity index (χ4n) is 0.493. The Kier molecular flexibility index (Phi) is 4.23. The molecule has 0 saturated heterocycles. The Morgan fingerprint density at radius 2 is 2.33 bits per heavy atom. The highest BCUT2D eigenvalue weighted by Gasteiger charge is 2.19.